The Balaban J connectivity index is 2.33. The molecule has 2 aliphatic rings. The molecule has 4 nitrogen and oxygen atoms in total. The van der Waals surface area contributed by atoms with E-state index in [0.29, 0.717) is 0 Å². The average molecular weight is 245 g/mol. The van der Waals surface area contributed by atoms with E-state index < -0.39 is 17.6 Å². The molecule has 2 rings (SSSR count). The van der Waals surface area contributed by atoms with E-state index in [9.17, 15) is 18.4 Å². The molecule has 0 aromatic rings. The third-order valence-electron chi connectivity index (χ3n) is 3.35. The van der Waals surface area contributed by atoms with Crippen molar-refractivity contribution in [3.63, 3.8) is 0 Å². The number of carbonyl (C=O) groups is 2. The standard InChI is InChI=1S/C11H13F2NO3/c1-2-17-10(16)11-4-3-8(15)14(11)6-7(5-11)9(12)13/h2-6H2,1H3. The van der Waals surface area contributed by atoms with Crippen LogP contribution in [0.4, 0.5) is 8.78 Å². The van der Waals surface area contributed by atoms with Crippen molar-refractivity contribution in [2.24, 2.45) is 0 Å². The predicted molar refractivity (Wildman–Crippen MR) is 54.2 cm³/mol. The number of esters is 1. The Morgan fingerprint density at radius 2 is 2.24 bits per heavy atom. The molecule has 0 aliphatic carbocycles. The molecule has 0 bridgehead atoms. The van der Waals surface area contributed by atoms with Gasteiger partial charge in [0.2, 0.25) is 5.91 Å². The number of nitrogens with zero attached hydrogens (tertiary/aromatic N) is 1. The SMILES string of the molecule is CCOC(=O)C12CCC(=O)N1CC(=C(F)F)C2. The van der Waals surface area contributed by atoms with E-state index in [1.54, 1.807) is 6.92 Å². The van der Waals surface area contributed by atoms with Crippen molar-refractivity contribution in [1.82, 2.24) is 4.90 Å². The minimum absolute atomic E-state index is 0.0973. The number of fused-ring (bicyclic) bond motifs is 1. The van der Waals surface area contributed by atoms with E-state index >= 15 is 0 Å². The van der Waals surface area contributed by atoms with E-state index in [1.807, 2.05) is 0 Å². The molecule has 2 fully saturated rings. The molecule has 0 radical (unpaired) electrons. The fourth-order valence-corrected chi connectivity index (χ4v) is 2.52. The number of halogens is 2. The molecule has 0 saturated carbocycles. The highest BCUT2D eigenvalue weighted by Crippen LogP contribution is 2.44. The van der Waals surface area contributed by atoms with Crippen LogP contribution in [0.15, 0.2) is 11.7 Å². The fraction of sp³-hybridized carbons (Fsp3) is 0.636. The summed E-state index contributed by atoms with van der Waals surface area (Å²) in [5, 5.41) is 0. The van der Waals surface area contributed by atoms with Gasteiger partial charge in [-0.25, -0.2) is 4.79 Å². The van der Waals surface area contributed by atoms with Crippen molar-refractivity contribution in [3.8, 4) is 0 Å². The number of hydrogen-bond acceptors (Lipinski definition) is 3. The highest BCUT2D eigenvalue weighted by atomic mass is 19.3. The Labute approximate surface area is 97.2 Å². The van der Waals surface area contributed by atoms with Crippen molar-refractivity contribution in [1.29, 1.82) is 0 Å². The van der Waals surface area contributed by atoms with Crippen molar-refractivity contribution in [3.05, 3.63) is 11.7 Å². The van der Waals surface area contributed by atoms with Gasteiger partial charge in [0.25, 0.3) is 6.08 Å². The Hall–Kier alpha value is -1.46. The first kappa shape index (κ1) is 12.0. The number of hydrogen-bond donors (Lipinski definition) is 0. The van der Waals surface area contributed by atoms with Gasteiger partial charge in [0.1, 0.15) is 5.54 Å². The molecule has 94 valence electrons. The van der Waals surface area contributed by atoms with Crippen LogP contribution in [-0.2, 0) is 14.3 Å². The van der Waals surface area contributed by atoms with Gasteiger partial charge in [-0.1, -0.05) is 0 Å². The Kier molecular flexibility index (Phi) is 2.89. The summed E-state index contributed by atoms with van der Waals surface area (Å²) in [6.07, 6.45) is -1.41. The molecule has 6 heteroatoms. The molecule has 17 heavy (non-hydrogen) atoms. The van der Waals surface area contributed by atoms with Gasteiger partial charge in [-0.05, 0) is 13.3 Å². The maximum absolute atomic E-state index is 12.6. The Bertz CT molecular complexity index is 404. The summed E-state index contributed by atoms with van der Waals surface area (Å²) in [5.74, 6) is -0.823. The van der Waals surface area contributed by atoms with E-state index in [2.05, 4.69) is 0 Å². The van der Waals surface area contributed by atoms with Crippen molar-refractivity contribution < 1.29 is 23.1 Å². The lowest BCUT2D eigenvalue weighted by molar-refractivity contribution is -0.157. The smallest absolute Gasteiger partial charge is 0.332 e. The largest absolute Gasteiger partial charge is 0.464 e. The third-order valence-corrected chi connectivity index (χ3v) is 3.35. The van der Waals surface area contributed by atoms with Gasteiger partial charge in [-0.3, -0.25) is 4.79 Å². The minimum Gasteiger partial charge on any atom is -0.464 e. The van der Waals surface area contributed by atoms with Gasteiger partial charge in [0.15, 0.2) is 0 Å². The average Bonchev–Trinajstić information content (AvgIpc) is 2.79. The first-order valence-electron chi connectivity index (χ1n) is 5.52. The second-order valence-electron chi connectivity index (χ2n) is 4.27. The van der Waals surface area contributed by atoms with E-state index in [1.165, 1.54) is 4.90 Å². The number of rotatable bonds is 2. The molecule has 2 saturated heterocycles. The maximum Gasteiger partial charge on any atom is 0.332 e. The summed E-state index contributed by atoms with van der Waals surface area (Å²) in [6, 6.07) is 0. The maximum atomic E-state index is 12.6. The van der Waals surface area contributed by atoms with Crippen LogP contribution in [0.1, 0.15) is 26.2 Å². The van der Waals surface area contributed by atoms with Crippen LogP contribution in [0.2, 0.25) is 0 Å². The molecular weight excluding hydrogens is 232 g/mol. The zero-order valence-electron chi connectivity index (χ0n) is 9.46. The lowest BCUT2D eigenvalue weighted by atomic mass is 9.93. The fourth-order valence-electron chi connectivity index (χ4n) is 2.52. The topological polar surface area (TPSA) is 46.6 Å². The van der Waals surface area contributed by atoms with E-state index in [-0.39, 0.29) is 43.9 Å². The quantitative estimate of drug-likeness (QED) is 0.692. The summed E-state index contributed by atoms with van der Waals surface area (Å²) in [6.45, 7) is 1.68. The van der Waals surface area contributed by atoms with Crippen molar-refractivity contribution >= 4 is 11.9 Å². The van der Waals surface area contributed by atoms with Gasteiger partial charge in [-0.15, -0.1) is 0 Å². The lowest BCUT2D eigenvalue weighted by Crippen LogP contribution is -2.48. The summed E-state index contributed by atoms with van der Waals surface area (Å²) >= 11 is 0. The number of amides is 1. The first-order valence-corrected chi connectivity index (χ1v) is 5.52. The molecule has 0 N–H and O–H groups in total. The Morgan fingerprint density at radius 3 is 2.82 bits per heavy atom. The summed E-state index contributed by atoms with van der Waals surface area (Å²) in [7, 11) is 0. The Morgan fingerprint density at radius 1 is 1.53 bits per heavy atom. The van der Waals surface area contributed by atoms with E-state index in [4.69, 9.17) is 4.74 Å². The second-order valence-corrected chi connectivity index (χ2v) is 4.27. The van der Waals surface area contributed by atoms with Crippen LogP contribution in [0.3, 0.4) is 0 Å². The van der Waals surface area contributed by atoms with Gasteiger partial charge in [0, 0.05) is 25.0 Å². The van der Waals surface area contributed by atoms with Crippen molar-refractivity contribution in [2.75, 3.05) is 13.2 Å². The highest BCUT2D eigenvalue weighted by Gasteiger charge is 2.57. The zero-order valence-corrected chi connectivity index (χ0v) is 9.46. The van der Waals surface area contributed by atoms with Crippen LogP contribution in [0.25, 0.3) is 0 Å². The summed E-state index contributed by atoms with van der Waals surface area (Å²) in [5.41, 5.74) is -1.31. The van der Waals surface area contributed by atoms with Crippen molar-refractivity contribution in [2.45, 2.75) is 31.7 Å². The van der Waals surface area contributed by atoms with Crippen LogP contribution >= 0.6 is 0 Å². The summed E-state index contributed by atoms with van der Waals surface area (Å²) < 4.78 is 30.1. The van der Waals surface area contributed by atoms with Crippen LogP contribution in [0.5, 0.6) is 0 Å². The van der Waals surface area contributed by atoms with Gasteiger partial charge in [0.05, 0.1) is 6.61 Å². The van der Waals surface area contributed by atoms with E-state index in [0.717, 1.165) is 0 Å². The molecule has 1 amide bonds. The number of ether oxygens (including phenoxy) is 1. The van der Waals surface area contributed by atoms with Crippen LogP contribution < -0.4 is 0 Å². The molecule has 2 heterocycles. The molecule has 1 atom stereocenters. The molecule has 0 aromatic heterocycles. The summed E-state index contributed by atoms with van der Waals surface area (Å²) in [4.78, 5) is 24.7. The zero-order chi connectivity index (χ0) is 12.6. The number of carbonyl (C=O) groups excluding carboxylic acids is 2. The third kappa shape index (κ3) is 1.71. The molecule has 2 aliphatic heterocycles. The second kappa shape index (κ2) is 4.09. The molecule has 0 spiro atoms. The monoisotopic (exact) mass is 245 g/mol. The van der Waals surface area contributed by atoms with Crippen LogP contribution in [0, 0.1) is 0 Å². The molecule has 0 aromatic carbocycles. The molecule has 1 unspecified atom stereocenters. The van der Waals surface area contributed by atoms with Gasteiger partial charge >= 0.3 is 5.97 Å². The predicted octanol–water partition coefficient (Wildman–Crippen LogP) is 1.47. The van der Waals surface area contributed by atoms with Gasteiger partial charge in [-0.2, -0.15) is 8.78 Å². The van der Waals surface area contributed by atoms with Crippen LogP contribution in [-0.4, -0.2) is 35.5 Å². The first-order chi connectivity index (χ1) is 8.01. The normalized spacial score (nSPS) is 27.4. The van der Waals surface area contributed by atoms with Gasteiger partial charge < -0.3 is 9.64 Å². The highest BCUT2D eigenvalue weighted by molar-refractivity contribution is 5.93. The lowest BCUT2D eigenvalue weighted by Gasteiger charge is -2.28. The molecular formula is C11H13F2NO3. The minimum atomic E-state index is -1.80.